The minimum atomic E-state index is -0.0625. The van der Waals surface area contributed by atoms with Crippen LogP contribution in [0.5, 0.6) is 0 Å². The molecule has 3 radical (unpaired) electrons. The molecule has 0 unspecified atom stereocenters. The fourth-order valence-corrected chi connectivity index (χ4v) is 3.30. The molecule has 0 N–H and O–H groups in total. The van der Waals surface area contributed by atoms with E-state index in [2.05, 4.69) is 24.9 Å². The van der Waals surface area contributed by atoms with Crippen LogP contribution in [0.3, 0.4) is 0 Å². The summed E-state index contributed by atoms with van der Waals surface area (Å²) in [5.41, 5.74) is 4.26. The van der Waals surface area contributed by atoms with Crippen LogP contribution >= 0.6 is 0 Å². The van der Waals surface area contributed by atoms with E-state index in [1.54, 1.807) is 0 Å². The zero-order chi connectivity index (χ0) is 18.2. The van der Waals surface area contributed by atoms with E-state index in [-0.39, 0.29) is 18.0 Å². The molecule has 3 aromatic rings. The first-order chi connectivity index (χ1) is 12.0. The van der Waals surface area contributed by atoms with Gasteiger partial charge in [-0.05, 0) is 13.8 Å². The number of rotatable bonds is 4. The molecule has 0 bridgehead atoms. The zero-order valence-corrected chi connectivity index (χ0v) is 17.0. The van der Waals surface area contributed by atoms with Crippen LogP contribution in [0.2, 0.25) is 0 Å². The molecule has 0 saturated heterocycles. The van der Waals surface area contributed by atoms with E-state index in [1.807, 2.05) is 48.8 Å². The standard InChI is InChI=1S/C14H10N3.C5H8O2.Sn/c1-3-9-15-11(5-1)13-7-8-14(17-13)12-6-2-4-10-16-12;1-4(6)3-5(2)7;/h1-10H;3H2,1-2H3;/q-1;;+1. The monoisotopic (exact) mass is 440 g/mol. The van der Waals surface area contributed by atoms with E-state index in [0.717, 1.165) is 22.8 Å². The molecule has 0 aliphatic rings. The summed E-state index contributed by atoms with van der Waals surface area (Å²) in [4.78, 5) is 28.8. The molecule has 3 rings (SSSR count). The molecule has 0 aliphatic heterocycles. The van der Waals surface area contributed by atoms with Crippen LogP contribution in [0.4, 0.5) is 0 Å². The summed E-state index contributed by atoms with van der Waals surface area (Å²) in [5, 5.41) is 0. The van der Waals surface area contributed by atoms with E-state index in [4.69, 9.17) is 0 Å². The zero-order valence-electron chi connectivity index (χ0n) is 14.1. The number of aromatic nitrogens is 3. The number of ketones is 2. The Hall–Kier alpha value is -2.28. The first-order valence-corrected chi connectivity index (χ1v) is 9.01. The molecule has 3 heterocycles. The summed E-state index contributed by atoms with van der Waals surface area (Å²) in [6.45, 7) is 2.81. The van der Waals surface area contributed by atoms with Crippen molar-refractivity contribution in [3.05, 3.63) is 60.9 Å². The van der Waals surface area contributed by atoms with Crippen molar-refractivity contribution < 1.29 is 9.59 Å². The van der Waals surface area contributed by atoms with Gasteiger partial charge in [0.05, 0.1) is 6.42 Å². The molecule has 5 nitrogen and oxygen atoms in total. The summed E-state index contributed by atoms with van der Waals surface area (Å²) >= 11 is 1.30. The van der Waals surface area contributed by atoms with E-state index in [1.165, 1.54) is 36.6 Å². The van der Waals surface area contributed by atoms with E-state index in [9.17, 15) is 9.59 Å². The van der Waals surface area contributed by atoms with Gasteiger partial charge in [-0.25, -0.2) is 0 Å². The Morgan fingerprint density at radius 2 is 1.28 bits per heavy atom. The number of nitrogens with zero attached hydrogens (tertiary/aromatic N) is 3. The Kier molecular flexibility index (Phi) is 7.06. The van der Waals surface area contributed by atoms with Crippen LogP contribution in [0.1, 0.15) is 20.3 Å². The Bertz CT molecular complexity index is 777. The third kappa shape index (κ3) is 5.63. The number of hydrogen-bond acceptors (Lipinski definition) is 4. The number of Topliss-reactive ketones (excluding diaryl/α,β-unsaturated/α-hetero) is 2. The van der Waals surface area contributed by atoms with Crippen LogP contribution < -0.4 is 0 Å². The van der Waals surface area contributed by atoms with E-state index in [0.29, 0.717) is 0 Å². The van der Waals surface area contributed by atoms with Gasteiger partial charge < -0.3 is 0 Å². The Morgan fingerprint density at radius 1 is 0.840 bits per heavy atom. The predicted molar refractivity (Wildman–Crippen MR) is 98.0 cm³/mol. The quantitative estimate of drug-likeness (QED) is 0.463. The van der Waals surface area contributed by atoms with Crippen LogP contribution in [0.15, 0.2) is 60.9 Å². The van der Waals surface area contributed by atoms with Crippen molar-refractivity contribution in [1.82, 2.24) is 12.8 Å². The molecule has 25 heavy (non-hydrogen) atoms. The molecule has 125 valence electrons. The fraction of sp³-hybridized carbons (Fsp3) is 0.158. The van der Waals surface area contributed by atoms with Crippen LogP contribution in [0.25, 0.3) is 22.8 Å². The molecule has 0 atom stereocenters. The van der Waals surface area contributed by atoms with Gasteiger partial charge in [-0.3, -0.25) is 9.59 Å². The Labute approximate surface area is 160 Å². The van der Waals surface area contributed by atoms with Gasteiger partial charge in [-0.1, -0.05) is 0 Å². The molecule has 3 aromatic heterocycles. The molecule has 0 aliphatic carbocycles. The van der Waals surface area contributed by atoms with Crippen molar-refractivity contribution in [1.29, 1.82) is 0 Å². The third-order valence-corrected chi connectivity index (χ3v) is 4.61. The van der Waals surface area contributed by atoms with Crippen molar-refractivity contribution in [3.8, 4) is 22.8 Å². The van der Waals surface area contributed by atoms with Crippen molar-refractivity contribution in [3.63, 3.8) is 0 Å². The van der Waals surface area contributed by atoms with Crippen LogP contribution in [0, 0.1) is 0 Å². The SMILES string of the molecule is CC(=O)CC(C)=O.[Sn][n]1c(-c2ccccn2)ccc1-c1ccccn1. The molecule has 0 spiro atoms. The Balaban J connectivity index is 0.000000277. The molecule has 0 fully saturated rings. The second-order valence-electron chi connectivity index (χ2n) is 5.45. The van der Waals surface area contributed by atoms with Gasteiger partial charge in [0.1, 0.15) is 11.6 Å². The van der Waals surface area contributed by atoms with Gasteiger partial charge in [-0.2, -0.15) is 0 Å². The summed E-state index contributed by atoms with van der Waals surface area (Å²) in [7, 11) is 0. The second kappa shape index (κ2) is 9.27. The summed E-state index contributed by atoms with van der Waals surface area (Å²) in [6.07, 6.45) is 3.72. The summed E-state index contributed by atoms with van der Waals surface area (Å²) in [6, 6.07) is 16.1. The maximum atomic E-state index is 10.0. The second-order valence-corrected chi connectivity index (χ2v) is 6.73. The first-order valence-electron chi connectivity index (χ1n) is 7.74. The third-order valence-electron chi connectivity index (χ3n) is 3.23. The molecular weight excluding hydrogens is 421 g/mol. The molecule has 0 saturated carbocycles. The minimum absolute atomic E-state index is 0.0625. The average Bonchev–Trinajstić information content (AvgIpc) is 2.97. The number of carbonyl (C=O) groups is 2. The van der Waals surface area contributed by atoms with E-state index >= 15 is 0 Å². The van der Waals surface area contributed by atoms with Crippen molar-refractivity contribution in [2.45, 2.75) is 20.3 Å². The molecular formula is C19H18N3O2Sn. The number of pyridine rings is 2. The topological polar surface area (TPSA) is 64.8 Å². The Morgan fingerprint density at radius 3 is 1.56 bits per heavy atom. The molecule has 0 amide bonds. The van der Waals surface area contributed by atoms with Gasteiger partial charge in [0, 0.05) is 0 Å². The van der Waals surface area contributed by atoms with Crippen molar-refractivity contribution >= 4 is 34.4 Å². The fourth-order valence-electron chi connectivity index (χ4n) is 2.22. The van der Waals surface area contributed by atoms with Gasteiger partial charge in [0.15, 0.2) is 0 Å². The summed E-state index contributed by atoms with van der Waals surface area (Å²) < 4.78 is 2.21. The van der Waals surface area contributed by atoms with Gasteiger partial charge >= 0.3 is 119 Å². The van der Waals surface area contributed by atoms with Crippen LogP contribution in [-0.2, 0) is 9.59 Å². The van der Waals surface area contributed by atoms with Gasteiger partial charge in [0.25, 0.3) is 0 Å². The normalized spacial score (nSPS) is 9.88. The number of hydrogen-bond donors (Lipinski definition) is 0. The van der Waals surface area contributed by atoms with Crippen molar-refractivity contribution in [2.24, 2.45) is 0 Å². The van der Waals surface area contributed by atoms with Gasteiger partial charge in [-0.15, -0.1) is 0 Å². The summed E-state index contributed by atoms with van der Waals surface area (Å²) in [5.74, 6) is -0.125. The van der Waals surface area contributed by atoms with E-state index < -0.39 is 0 Å². The van der Waals surface area contributed by atoms with Gasteiger partial charge in [0.2, 0.25) is 0 Å². The van der Waals surface area contributed by atoms with Crippen LogP contribution in [-0.4, -0.2) is 47.1 Å². The first kappa shape index (κ1) is 19.0. The van der Waals surface area contributed by atoms with Crippen molar-refractivity contribution in [2.75, 3.05) is 0 Å². The maximum absolute atomic E-state index is 10.0. The predicted octanol–water partition coefficient (Wildman–Crippen LogP) is 3.10. The number of carbonyl (C=O) groups excluding carboxylic acids is 2. The molecule has 0 aromatic carbocycles. The molecule has 6 heteroatoms. The average molecular weight is 439 g/mol.